The summed E-state index contributed by atoms with van der Waals surface area (Å²) >= 11 is 7.61. The number of amides is 1. The van der Waals surface area contributed by atoms with Crippen molar-refractivity contribution in [3.8, 4) is 0 Å². The quantitative estimate of drug-likeness (QED) is 0.377. The second kappa shape index (κ2) is 7.89. The fourth-order valence-corrected chi connectivity index (χ4v) is 4.30. The number of halogens is 3. The largest absolute Gasteiger partial charge is 0.279 e. The molecule has 0 aliphatic heterocycles. The van der Waals surface area contributed by atoms with Gasteiger partial charge in [-0.15, -0.1) is 0 Å². The van der Waals surface area contributed by atoms with Crippen LogP contribution in [0.3, 0.4) is 0 Å². The highest BCUT2D eigenvalue weighted by Gasteiger charge is 2.23. The van der Waals surface area contributed by atoms with Crippen molar-refractivity contribution in [2.75, 3.05) is 4.90 Å². The molecule has 29 heavy (non-hydrogen) atoms. The molecule has 1 heterocycles. The molecule has 0 saturated heterocycles. The second-order valence-corrected chi connectivity index (χ2v) is 7.93. The van der Waals surface area contributed by atoms with E-state index in [4.69, 9.17) is 11.6 Å². The Morgan fingerprint density at radius 1 is 1.07 bits per heavy atom. The molecule has 0 fully saturated rings. The molecule has 0 aliphatic carbocycles. The van der Waals surface area contributed by atoms with Crippen molar-refractivity contribution in [3.05, 3.63) is 94.0 Å². The number of hydrogen-bond acceptors (Lipinski definition) is 3. The van der Waals surface area contributed by atoms with Crippen LogP contribution in [0.5, 0.6) is 0 Å². The van der Waals surface area contributed by atoms with Gasteiger partial charge in [-0.05, 0) is 42.3 Å². The van der Waals surface area contributed by atoms with E-state index in [9.17, 15) is 13.6 Å². The summed E-state index contributed by atoms with van der Waals surface area (Å²) in [5.41, 5.74) is 2.58. The molecule has 1 amide bonds. The second-order valence-electron chi connectivity index (χ2n) is 6.54. The number of anilines is 1. The van der Waals surface area contributed by atoms with Gasteiger partial charge in [0.15, 0.2) is 16.8 Å². The van der Waals surface area contributed by atoms with E-state index < -0.39 is 17.5 Å². The minimum atomic E-state index is -1.07. The molecule has 4 rings (SSSR count). The van der Waals surface area contributed by atoms with Gasteiger partial charge in [-0.2, -0.15) is 0 Å². The van der Waals surface area contributed by atoms with Crippen LogP contribution in [0.2, 0.25) is 5.02 Å². The van der Waals surface area contributed by atoms with Gasteiger partial charge in [0.2, 0.25) is 0 Å². The minimum Gasteiger partial charge on any atom is -0.279 e. The molecule has 3 aromatic carbocycles. The van der Waals surface area contributed by atoms with Crippen LogP contribution in [-0.4, -0.2) is 10.9 Å². The summed E-state index contributed by atoms with van der Waals surface area (Å²) in [4.78, 5) is 19.3. The van der Waals surface area contributed by atoms with Crippen molar-refractivity contribution in [1.29, 1.82) is 0 Å². The topological polar surface area (TPSA) is 33.2 Å². The van der Waals surface area contributed by atoms with E-state index in [0.717, 1.165) is 28.0 Å². The summed E-state index contributed by atoms with van der Waals surface area (Å²) in [6.07, 6.45) is 0. The van der Waals surface area contributed by atoms with Gasteiger partial charge in [0.05, 0.1) is 21.8 Å². The molecule has 0 N–H and O–H groups in total. The Morgan fingerprint density at radius 2 is 1.83 bits per heavy atom. The van der Waals surface area contributed by atoms with Crippen molar-refractivity contribution in [3.63, 3.8) is 0 Å². The van der Waals surface area contributed by atoms with Gasteiger partial charge < -0.3 is 0 Å². The van der Waals surface area contributed by atoms with E-state index in [2.05, 4.69) is 4.98 Å². The lowest BCUT2D eigenvalue weighted by Gasteiger charge is -2.20. The molecular formula is C22H15ClF2N2OS. The molecule has 1 aromatic heterocycles. The van der Waals surface area contributed by atoms with Crippen LogP contribution in [0.1, 0.15) is 21.5 Å². The number of benzene rings is 3. The molecule has 4 aromatic rings. The maximum absolute atomic E-state index is 13.7. The smallest absolute Gasteiger partial charge is 0.260 e. The molecule has 146 valence electrons. The normalized spacial score (nSPS) is 11.0. The lowest BCUT2D eigenvalue weighted by Crippen LogP contribution is -2.30. The Bertz CT molecular complexity index is 1170. The Labute approximate surface area is 175 Å². The Hall–Kier alpha value is -2.83. The number of rotatable bonds is 4. The molecule has 0 saturated carbocycles. The molecule has 0 atom stereocenters. The number of carbonyl (C=O) groups is 1. The third-order valence-corrected chi connectivity index (χ3v) is 6.05. The lowest BCUT2D eigenvalue weighted by atomic mass is 10.1. The first-order valence-electron chi connectivity index (χ1n) is 8.80. The van der Waals surface area contributed by atoms with Gasteiger partial charge in [0.1, 0.15) is 0 Å². The molecule has 0 spiro atoms. The van der Waals surface area contributed by atoms with Gasteiger partial charge in [-0.3, -0.25) is 9.69 Å². The zero-order valence-corrected chi connectivity index (χ0v) is 16.9. The average molecular weight is 429 g/mol. The standard InChI is InChI=1S/C22H15ClF2N2OS/c1-13-7-9-16(23)20-19(13)26-22(29-20)27(12-14-5-3-2-4-6-14)21(28)15-8-10-17(24)18(25)11-15/h2-11H,12H2,1H3. The van der Waals surface area contributed by atoms with Crippen LogP contribution >= 0.6 is 22.9 Å². The van der Waals surface area contributed by atoms with Crippen LogP contribution in [0.15, 0.2) is 60.7 Å². The van der Waals surface area contributed by atoms with E-state index in [1.54, 1.807) is 6.07 Å². The Balaban J connectivity index is 1.82. The van der Waals surface area contributed by atoms with E-state index in [0.29, 0.717) is 15.7 Å². The maximum Gasteiger partial charge on any atom is 0.260 e. The molecule has 0 radical (unpaired) electrons. The third kappa shape index (κ3) is 3.86. The van der Waals surface area contributed by atoms with E-state index >= 15 is 0 Å². The van der Waals surface area contributed by atoms with Crippen LogP contribution in [0.4, 0.5) is 13.9 Å². The van der Waals surface area contributed by atoms with Gasteiger partial charge >= 0.3 is 0 Å². The van der Waals surface area contributed by atoms with Crippen molar-refractivity contribution in [2.24, 2.45) is 0 Å². The van der Waals surface area contributed by atoms with Crippen molar-refractivity contribution < 1.29 is 13.6 Å². The van der Waals surface area contributed by atoms with Gasteiger partial charge in [0.25, 0.3) is 5.91 Å². The first kappa shape index (κ1) is 19.5. The zero-order chi connectivity index (χ0) is 20.5. The van der Waals surface area contributed by atoms with Crippen molar-refractivity contribution in [1.82, 2.24) is 4.98 Å². The third-order valence-electron chi connectivity index (χ3n) is 4.51. The number of fused-ring (bicyclic) bond motifs is 1. The van der Waals surface area contributed by atoms with Crippen LogP contribution < -0.4 is 4.90 Å². The summed E-state index contributed by atoms with van der Waals surface area (Å²) in [6.45, 7) is 2.15. The number of aromatic nitrogens is 1. The van der Waals surface area contributed by atoms with E-state index in [1.165, 1.54) is 22.3 Å². The van der Waals surface area contributed by atoms with Crippen molar-refractivity contribution >= 4 is 44.2 Å². The molecule has 7 heteroatoms. The highest BCUT2D eigenvalue weighted by atomic mass is 35.5. The summed E-state index contributed by atoms with van der Waals surface area (Å²) in [5.74, 6) is -2.54. The Morgan fingerprint density at radius 3 is 2.52 bits per heavy atom. The molecule has 0 unspecified atom stereocenters. The summed E-state index contributed by atoms with van der Waals surface area (Å²) < 4.78 is 27.8. The fraction of sp³-hybridized carbons (Fsp3) is 0.0909. The Kier molecular flexibility index (Phi) is 5.30. The minimum absolute atomic E-state index is 0.0434. The number of hydrogen-bond donors (Lipinski definition) is 0. The number of thiazole rings is 1. The predicted octanol–water partition coefficient (Wildman–Crippen LogP) is 6.38. The van der Waals surface area contributed by atoms with Gasteiger partial charge in [0, 0.05) is 5.56 Å². The summed E-state index contributed by atoms with van der Waals surface area (Å²) in [7, 11) is 0. The van der Waals surface area contributed by atoms with Gasteiger partial charge in [-0.1, -0.05) is 59.3 Å². The number of carbonyl (C=O) groups excluding carboxylic acids is 1. The van der Waals surface area contributed by atoms with E-state index in [1.807, 2.05) is 43.3 Å². The SMILES string of the molecule is Cc1ccc(Cl)c2sc(N(Cc3ccccc3)C(=O)c3ccc(F)c(F)c3)nc12. The highest BCUT2D eigenvalue weighted by molar-refractivity contribution is 7.23. The monoisotopic (exact) mass is 428 g/mol. The highest BCUT2D eigenvalue weighted by Crippen LogP contribution is 2.36. The first-order valence-corrected chi connectivity index (χ1v) is 10.00. The summed E-state index contributed by atoms with van der Waals surface area (Å²) in [5, 5.41) is 0.990. The van der Waals surface area contributed by atoms with Crippen molar-refractivity contribution in [2.45, 2.75) is 13.5 Å². The van der Waals surface area contributed by atoms with Gasteiger partial charge in [-0.25, -0.2) is 13.8 Å². The predicted molar refractivity (Wildman–Crippen MR) is 113 cm³/mol. The molecule has 0 aliphatic rings. The number of nitrogens with zero attached hydrogens (tertiary/aromatic N) is 2. The van der Waals surface area contributed by atoms with E-state index in [-0.39, 0.29) is 12.1 Å². The van der Waals surface area contributed by atoms with Crippen LogP contribution in [0.25, 0.3) is 10.2 Å². The molecular weight excluding hydrogens is 414 g/mol. The average Bonchev–Trinajstić information content (AvgIpc) is 3.18. The lowest BCUT2D eigenvalue weighted by molar-refractivity contribution is 0.0984. The number of aryl methyl sites for hydroxylation is 1. The maximum atomic E-state index is 13.7. The zero-order valence-electron chi connectivity index (χ0n) is 15.3. The fourth-order valence-electron chi connectivity index (χ4n) is 2.98. The molecule has 3 nitrogen and oxygen atoms in total. The van der Waals surface area contributed by atoms with Crippen LogP contribution in [0, 0.1) is 18.6 Å². The summed E-state index contributed by atoms with van der Waals surface area (Å²) in [6, 6.07) is 16.2. The molecule has 0 bridgehead atoms. The first-order chi connectivity index (χ1) is 13.9. The van der Waals surface area contributed by atoms with Crippen LogP contribution in [-0.2, 0) is 6.54 Å².